The van der Waals surface area contributed by atoms with Crippen LogP contribution in [-0.4, -0.2) is 24.3 Å². The van der Waals surface area contributed by atoms with Crippen LogP contribution in [-0.2, 0) is 29.1 Å². The van der Waals surface area contributed by atoms with Gasteiger partial charge >= 0.3 is 31.8 Å². The van der Waals surface area contributed by atoms with Gasteiger partial charge in [-0.05, 0) is 80.3 Å². The largest absolute Gasteiger partial charge is 2.00 e. The minimum Gasteiger partial charge on any atom is -0.542 e. The molecule has 0 bridgehead atoms. The van der Waals surface area contributed by atoms with Crippen molar-refractivity contribution in [3.05, 3.63) is 194 Å². The van der Waals surface area contributed by atoms with Crippen LogP contribution in [0.5, 0.6) is 0 Å². The molecule has 8 aromatic carbocycles. The molecule has 308 valence electrons. The molecule has 0 heterocycles. The van der Waals surface area contributed by atoms with Crippen LogP contribution in [0.3, 0.4) is 0 Å². The predicted molar refractivity (Wildman–Crippen MR) is 226 cm³/mol. The molecule has 0 saturated carbocycles. The predicted octanol–water partition coefficient (Wildman–Crippen LogP) is 7.77. The Hall–Kier alpha value is -5.72. The molecule has 0 aliphatic rings. The first-order chi connectivity index (χ1) is 28.8. The van der Waals surface area contributed by atoms with E-state index in [2.05, 4.69) is 194 Å². The van der Waals surface area contributed by atoms with Crippen LogP contribution in [0.1, 0.15) is 0 Å². The van der Waals surface area contributed by atoms with E-state index in [1.165, 1.54) is 64.5 Å². The van der Waals surface area contributed by atoms with Gasteiger partial charge in [-0.15, -0.1) is 0 Å². The fraction of sp³-hybridized carbons (Fsp3) is 0.0417. The van der Waals surface area contributed by atoms with Crippen LogP contribution in [0.4, 0.5) is 26.3 Å². The summed E-state index contributed by atoms with van der Waals surface area (Å²) in [6, 6.07) is 71.8. The van der Waals surface area contributed by atoms with Gasteiger partial charge in [-0.2, -0.15) is 26.3 Å². The molecule has 0 atom stereocenters. The summed E-state index contributed by atoms with van der Waals surface area (Å²) >= 11 is 0. The van der Waals surface area contributed by atoms with Crippen molar-refractivity contribution in [1.29, 1.82) is 0 Å². The molecule has 13 heteroatoms. The van der Waals surface area contributed by atoms with Crippen molar-refractivity contribution < 1.29 is 65.6 Å². The summed E-state index contributed by atoms with van der Waals surface area (Å²) in [6.07, 6.45) is -10.4. The monoisotopic (exact) mass is 950 g/mol. The number of carbonyl (C=O) groups excluding carboxylic acids is 2. The second-order valence-electron chi connectivity index (χ2n) is 12.9. The van der Waals surface area contributed by atoms with E-state index in [9.17, 15) is 26.3 Å². The first-order valence-electron chi connectivity index (χ1n) is 18.2. The maximum absolute atomic E-state index is 10.5. The molecule has 0 aliphatic carbocycles. The van der Waals surface area contributed by atoms with Gasteiger partial charge in [0.05, 0.1) is 0 Å². The minimum absolute atomic E-state index is 0. The quantitative estimate of drug-likeness (QED) is 0.0930. The van der Waals surface area contributed by atoms with Gasteiger partial charge in [-0.25, -0.2) is 0 Å². The van der Waals surface area contributed by atoms with E-state index in [0.717, 1.165) is 0 Å². The number of carbonyl (C=O) groups is 2. The Labute approximate surface area is 362 Å². The third kappa shape index (κ3) is 11.4. The Kier molecular flexibility index (Phi) is 15.7. The van der Waals surface area contributed by atoms with Crippen LogP contribution < -0.4 is 42.0 Å². The number of halogens is 6. The van der Waals surface area contributed by atoms with Crippen molar-refractivity contribution in [2.75, 3.05) is 0 Å². The van der Waals surface area contributed by atoms with E-state index >= 15 is 0 Å². The molecule has 0 unspecified atom stereocenters. The fourth-order valence-corrected chi connectivity index (χ4v) is 11.5. The number of fused-ring (bicyclic) bond motifs is 2. The van der Waals surface area contributed by atoms with E-state index in [0.29, 0.717) is 0 Å². The SMILES string of the molecule is O=C([O-])C(F)(F)F.O=C([O-])C(F)(F)F.[Ru+2].c1ccc(P(c2ccccc2)c2ccc3ccccc3c2-c2c(P(c3ccccc3)c3ccccc3)ccc3ccccc23)cc1. The molecule has 8 aromatic rings. The van der Waals surface area contributed by atoms with Gasteiger partial charge in [0.15, 0.2) is 0 Å². The van der Waals surface area contributed by atoms with Gasteiger partial charge in [-0.1, -0.05) is 194 Å². The van der Waals surface area contributed by atoms with E-state index in [-0.39, 0.29) is 19.5 Å². The van der Waals surface area contributed by atoms with Gasteiger partial charge in [0.2, 0.25) is 0 Å². The van der Waals surface area contributed by atoms with Crippen molar-refractivity contribution in [2.24, 2.45) is 0 Å². The topological polar surface area (TPSA) is 80.3 Å². The van der Waals surface area contributed by atoms with Crippen molar-refractivity contribution in [1.82, 2.24) is 0 Å². The molecule has 0 fully saturated rings. The second-order valence-corrected chi connectivity index (χ2v) is 17.3. The Morgan fingerprint density at radius 2 is 0.590 bits per heavy atom. The summed E-state index contributed by atoms with van der Waals surface area (Å²) in [5.74, 6) is -6.01. The van der Waals surface area contributed by atoms with E-state index < -0.39 is 40.1 Å². The average molecular weight is 950 g/mol. The molecule has 0 amide bonds. The van der Waals surface area contributed by atoms with Crippen molar-refractivity contribution in [2.45, 2.75) is 12.4 Å². The molecule has 0 aromatic heterocycles. The number of aliphatic carboxylic acids is 2. The van der Waals surface area contributed by atoms with Crippen LogP contribution in [0, 0.1) is 0 Å². The van der Waals surface area contributed by atoms with Crippen LogP contribution in [0.15, 0.2) is 194 Å². The molecule has 0 spiro atoms. The smallest absolute Gasteiger partial charge is 0.542 e. The Morgan fingerprint density at radius 1 is 0.361 bits per heavy atom. The summed E-state index contributed by atoms with van der Waals surface area (Å²) in [5.41, 5.74) is 2.70. The number of rotatable bonds is 7. The number of benzene rings is 8. The van der Waals surface area contributed by atoms with E-state index in [1.807, 2.05) is 0 Å². The molecule has 0 N–H and O–H groups in total. The van der Waals surface area contributed by atoms with Crippen LogP contribution in [0.25, 0.3) is 32.7 Å². The van der Waals surface area contributed by atoms with Gasteiger partial charge in [-0.3, -0.25) is 0 Å². The molecule has 0 aliphatic heterocycles. The first-order valence-corrected chi connectivity index (χ1v) is 20.8. The molecule has 0 saturated heterocycles. The maximum Gasteiger partial charge on any atom is 2.00 e. The molecule has 4 nitrogen and oxygen atoms in total. The third-order valence-electron chi connectivity index (χ3n) is 9.07. The summed E-state index contributed by atoms with van der Waals surface area (Å²) in [5, 5.41) is 30.9. The third-order valence-corrected chi connectivity index (χ3v) is 14.0. The van der Waals surface area contributed by atoms with E-state index in [1.54, 1.807) is 0 Å². The molecular weight excluding hydrogens is 918 g/mol. The maximum atomic E-state index is 10.5. The van der Waals surface area contributed by atoms with Gasteiger partial charge in [0.1, 0.15) is 11.9 Å². The number of hydrogen-bond acceptors (Lipinski definition) is 4. The normalized spacial score (nSPS) is 11.2. The van der Waals surface area contributed by atoms with Gasteiger partial charge in [0, 0.05) is 0 Å². The summed E-state index contributed by atoms with van der Waals surface area (Å²) in [4.78, 5) is 17.6. The van der Waals surface area contributed by atoms with Crippen LogP contribution in [0.2, 0.25) is 0 Å². The number of carboxylic acid groups (broad SMARTS) is 2. The van der Waals surface area contributed by atoms with Crippen molar-refractivity contribution in [3.63, 3.8) is 0 Å². The fourth-order valence-electron chi connectivity index (χ4n) is 6.58. The minimum atomic E-state index is -5.19. The summed E-state index contributed by atoms with van der Waals surface area (Å²) in [6.45, 7) is 0. The molecule has 8 rings (SSSR count). The Balaban J connectivity index is 0.000000407. The van der Waals surface area contributed by atoms with E-state index in [4.69, 9.17) is 19.8 Å². The number of carboxylic acids is 2. The Bertz CT molecular complexity index is 2440. The standard InChI is InChI=1S/C44H32P2.2C2HF3O2.Ru/c1-5-19-35(20-6-1)45(36-21-7-2-8-22-36)41-31-29-33-17-13-15-27-39(33)43(41)44-40-28-16-14-18-34(40)30-32-42(44)46(37-23-9-3-10-24-37)38-25-11-4-12-26-38;2*3-2(4,5)1(6)7;/h1-32H;2*(H,6,7);/q;;;+2/p-2. The Morgan fingerprint density at radius 3 is 0.836 bits per heavy atom. The zero-order valence-electron chi connectivity index (χ0n) is 31.6. The average Bonchev–Trinajstić information content (AvgIpc) is 3.25. The van der Waals surface area contributed by atoms with Crippen LogP contribution >= 0.6 is 15.8 Å². The van der Waals surface area contributed by atoms with Gasteiger partial charge in [0.25, 0.3) is 0 Å². The number of alkyl halides is 6. The molecule has 61 heavy (non-hydrogen) atoms. The summed E-state index contributed by atoms with van der Waals surface area (Å²) < 4.78 is 63.1. The zero-order chi connectivity index (χ0) is 42.9. The van der Waals surface area contributed by atoms with Gasteiger partial charge < -0.3 is 19.8 Å². The zero-order valence-corrected chi connectivity index (χ0v) is 35.2. The summed E-state index contributed by atoms with van der Waals surface area (Å²) in [7, 11) is -1.70. The van der Waals surface area contributed by atoms with Crippen molar-refractivity contribution in [3.8, 4) is 11.1 Å². The second kappa shape index (κ2) is 20.7. The number of hydrogen-bond donors (Lipinski definition) is 0. The first kappa shape index (κ1) is 46.4. The molecule has 0 radical (unpaired) electrons. The van der Waals surface area contributed by atoms with Crippen molar-refractivity contribution >= 4 is 81.2 Å². The molecular formula is C48H32F6O4P2Ru.